The number of H-pyrrole nitrogens is 2. The van der Waals surface area contributed by atoms with E-state index in [1.807, 2.05) is 24.3 Å². The van der Waals surface area contributed by atoms with Gasteiger partial charge in [0.05, 0.1) is 22.1 Å². The van der Waals surface area contributed by atoms with E-state index in [2.05, 4.69) is 9.97 Å². The number of aromatic amines is 2. The number of para-hydroxylation sites is 2. The van der Waals surface area contributed by atoms with Gasteiger partial charge in [-0.1, -0.05) is 12.1 Å². The van der Waals surface area contributed by atoms with Gasteiger partial charge in [0.25, 0.3) is 0 Å². The fraction of sp³-hybridized carbons (Fsp3) is 0. The first kappa shape index (κ1) is 14.5. The summed E-state index contributed by atoms with van der Waals surface area (Å²) in [6.45, 7) is 0. The minimum atomic E-state index is -0.496. The average molecular weight is 344 g/mol. The molecule has 0 aliphatic carbocycles. The van der Waals surface area contributed by atoms with Crippen molar-refractivity contribution in [1.29, 1.82) is 0 Å². The second-order valence-electron chi connectivity index (χ2n) is 6.28. The van der Waals surface area contributed by atoms with Crippen LogP contribution < -0.4 is 10.9 Å². The van der Waals surface area contributed by atoms with Gasteiger partial charge in [-0.15, -0.1) is 0 Å². The van der Waals surface area contributed by atoms with E-state index < -0.39 is 10.9 Å². The number of phenolic OH excluding ortho intramolecular Hbond substituents is 2. The van der Waals surface area contributed by atoms with Crippen molar-refractivity contribution < 1.29 is 10.2 Å². The summed E-state index contributed by atoms with van der Waals surface area (Å²) < 4.78 is 0. The van der Waals surface area contributed by atoms with E-state index in [1.54, 1.807) is 0 Å². The topological polar surface area (TPSA) is 106 Å². The van der Waals surface area contributed by atoms with E-state index in [4.69, 9.17) is 0 Å². The van der Waals surface area contributed by atoms with Gasteiger partial charge >= 0.3 is 0 Å². The number of hydrogen-bond donors (Lipinski definition) is 4. The zero-order valence-electron chi connectivity index (χ0n) is 13.3. The van der Waals surface area contributed by atoms with Gasteiger partial charge in [-0.05, 0) is 47.2 Å². The van der Waals surface area contributed by atoms with E-state index in [1.165, 1.54) is 24.3 Å². The number of nitrogens with one attached hydrogen (secondary N) is 2. The smallest absolute Gasteiger partial charge is 0.220 e. The Morgan fingerprint density at radius 1 is 0.615 bits per heavy atom. The van der Waals surface area contributed by atoms with Crippen molar-refractivity contribution in [3.05, 3.63) is 69.0 Å². The largest absolute Gasteiger partial charge is 0.504 e. The van der Waals surface area contributed by atoms with Crippen LogP contribution in [-0.2, 0) is 0 Å². The highest BCUT2D eigenvalue weighted by molar-refractivity contribution is 6.24. The molecule has 4 N–H and O–H groups in total. The average Bonchev–Trinajstić information content (AvgIpc) is 2.64. The molecule has 126 valence electrons. The van der Waals surface area contributed by atoms with Gasteiger partial charge in [0.1, 0.15) is 0 Å². The molecule has 0 aliphatic rings. The number of phenols is 2. The Bertz CT molecular complexity index is 1380. The van der Waals surface area contributed by atoms with Crippen molar-refractivity contribution in [3.63, 3.8) is 0 Å². The molecular formula is C20H12N2O4. The molecule has 5 rings (SSSR count). The van der Waals surface area contributed by atoms with Crippen molar-refractivity contribution >= 4 is 43.6 Å². The Balaban J connectivity index is 2.19. The lowest BCUT2D eigenvalue weighted by atomic mass is 9.98. The Hall–Kier alpha value is -3.80. The lowest BCUT2D eigenvalue weighted by Crippen LogP contribution is -2.02. The van der Waals surface area contributed by atoms with Crippen LogP contribution in [0.1, 0.15) is 0 Å². The number of aromatic hydroxyl groups is 2. The predicted octanol–water partition coefficient (Wildman–Crippen LogP) is 3.09. The van der Waals surface area contributed by atoms with Gasteiger partial charge < -0.3 is 20.2 Å². The normalized spacial score (nSPS) is 11.7. The van der Waals surface area contributed by atoms with E-state index >= 15 is 0 Å². The van der Waals surface area contributed by atoms with Crippen molar-refractivity contribution in [1.82, 2.24) is 9.97 Å². The van der Waals surface area contributed by atoms with Gasteiger partial charge in [-0.2, -0.15) is 0 Å². The molecule has 0 amide bonds. The van der Waals surface area contributed by atoms with Gasteiger partial charge in [0.2, 0.25) is 10.9 Å². The van der Waals surface area contributed by atoms with Gasteiger partial charge in [-0.25, -0.2) is 0 Å². The highest BCUT2D eigenvalue weighted by Crippen LogP contribution is 2.35. The summed E-state index contributed by atoms with van der Waals surface area (Å²) in [7, 11) is 0. The third kappa shape index (κ3) is 1.86. The molecular weight excluding hydrogens is 332 g/mol. The van der Waals surface area contributed by atoms with Gasteiger partial charge in [0.15, 0.2) is 11.5 Å². The molecule has 4 aromatic carbocycles. The van der Waals surface area contributed by atoms with Crippen LogP contribution in [0.4, 0.5) is 0 Å². The second kappa shape index (κ2) is 4.86. The quantitative estimate of drug-likeness (QED) is 0.256. The molecule has 6 heteroatoms. The van der Waals surface area contributed by atoms with Crippen LogP contribution in [0.15, 0.2) is 58.1 Å². The number of aromatic nitrogens is 2. The van der Waals surface area contributed by atoms with Crippen molar-refractivity contribution in [2.45, 2.75) is 0 Å². The molecule has 0 spiro atoms. The number of rotatable bonds is 0. The Kier molecular flexibility index (Phi) is 2.72. The van der Waals surface area contributed by atoms with Gasteiger partial charge in [-0.3, -0.25) is 9.59 Å². The Morgan fingerprint density at radius 3 is 1.46 bits per heavy atom. The first-order valence-corrected chi connectivity index (χ1v) is 7.99. The predicted molar refractivity (Wildman–Crippen MR) is 101 cm³/mol. The van der Waals surface area contributed by atoms with Crippen molar-refractivity contribution in [2.75, 3.05) is 0 Å². The van der Waals surface area contributed by atoms with Gasteiger partial charge in [0, 0.05) is 10.8 Å². The summed E-state index contributed by atoms with van der Waals surface area (Å²) in [4.78, 5) is 30.7. The standard InChI is InChI=1S/C20H12N2O4/c23-15-5-9-10-6-16(24)18(26)8-12(10)20-19(11(9)7-17(15)25)21-13-3-1-2-4-14(13)22-20/h1-8,21-24H. The first-order valence-electron chi connectivity index (χ1n) is 7.99. The third-order valence-electron chi connectivity index (χ3n) is 4.72. The van der Waals surface area contributed by atoms with E-state index in [-0.39, 0.29) is 11.5 Å². The fourth-order valence-corrected chi connectivity index (χ4v) is 3.50. The molecule has 1 heterocycles. The number of hydrogen-bond acceptors (Lipinski definition) is 4. The fourth-order valence-electron chi connectivity index (χ4n) is 3.50. The van der Waals surface area contributed by atoms with Crippen LogP contribution in [0, 0.1) is 0 Å². The monoisotopic (exact) mass is 344 g/mol. The molecule has 0 fully saturated rings. The van der Waals surface area contributed by atoms with Crippen LogP contribution in [0.25, 0.3) is 43.6 Å². The van der Waals surface area contributed by atoms with Crippen LogP contribution in [-0.4, -0.2) is 20.2 Å². The first-order chi connectivity index (χ1) is 12.5. The summed E-state index contributed by atoms with van der Waals surface area (Å²) in [6, 6.07) is 13.0. The molecule has 0 saturated carbocycles. The number of fused-ring (bicyclic) bond motifs is 7. The molecule has 5 aromatic rings. The highest BCUT2D eigenvalue weighted by atomic mass is 16.3. The Labute approximate surface area is 145 Å². The van der Waals surface area contributed by atoms with Crippen molar-refractivity contribution in [3.8, 4) is 11.5 Å². The summed E-state index contributed by atoms with van der Waals surface area (Å²) in [6.07, 6.45) is 0. The van der Waals surface area contributed by atoms with Crippen LogP contribution in [0.2, 0.25) is 0 Å². The molecule has 0 unspecified atom stereocenters. The molecule has 0 aliphatic heterocycles. The van der Waals surface area contributed by atoms with E-state index in [9.17, 15) is 19.8 Å². The SMILES string of the molecule is O=c1cc2c(cc1O)c1cc(O)c(=O)cc1c1[nH]c3ccccc3[nH]c21. The second-order valence-corrected chi connectivity index (χ2v) is 6.28. The molecule has 1 aromatic heterocycles. The summed E-state index contributed by atoms with van der Waals surface area (Å²) >= 11 is 0. The van der Waals surface area contributed by atoms with E-state index in [0.29, 0.717) is 32.6 Å². The summed E-state index contributed by atoms with van der Waals surface area (Å²) in [5, 5.41) is 22.1. The zero-order valence-corrected chi connectivity index (χ0v) is 13.3. The molecule has 6 nitrogen and oxygen atoms in total. The summed E-state index contributed by atoms with van der Waals surface area (Å²) in [5.41, 5.74) is 1.97. The lowest BCUT2D eigenvalue weighted by molar-refractivity contribution is 0.470. The maximum Gasteiger partial charge on any atom is 0.220 e. The lowest BCUT2D eigenvalue weighted by Gasteiger charge is -2.12. The molecule has 0 atom stereocenters. The zero-order chi connectivity index (χ0) is 18.0. The molecule has 0 saturated heterocycles. The number of benzene rings is 4. The minimum Gasteiger partial charge on any atom is -0.504 e. The van der Waals surface area contributed by atoms with Crippen LogP contribution in [0.3, 0.4) is 0 Å². The minimum absolute atomic E-state index is 0.381. The van der Waals surface area contributed by atoms with E-state index in [0.717, 1.165) is 11.0 Å². The van der Waals surface area contributed by atoms with Crippen LogP contribution in [0.5, 0.6) is 11.5 Å². The Morgan fingerprint density at radius 2 is 1.04 bits per heavy atom. The molecule has 26 heavy (non-hydrogen) atoms. The third-order valence-corrected chi connectivity index (χ3v) is 4.72. The highest BCUT2D eigenvalue weighted by Gasteiger charge is 2.14. The summed E-state index contributed by atoms with van der Waals surface area (Å²) in [5.74, 6) is -0.762. The molecule has 0 bridgehead atoms. The molecule has 0 radical (unpaired) electrons. The maximum absolute atomic E-state index is 12.0. The maximum atomic E-state index is 12.0. The van der Waals surface area contributed by atoms with Crippen molar-refractivity contribution in [2.24, 2.45) is 0 Å². The van der Waals surface area contributed by atoms with Crippen LogP contribution >= 0.6 is 0 Å².